The van der Waals surface area contributed by atoms with Gasteiger partial charge in [0.15, 0.2) is 0 Å². The molecule has 2 rings (SSSR count). The number of primary amides is 1. The molecule has 7 nitrogen and oxygen atoms in total. The third kappa shape index (κ3) is 6.14. The van der Waals surface area contributed by atoms with Crippen LogP contribution in [0.5, 0.6) is 5.75 Å². The molecule has 29 heavy (non-hydrogen) atoms. The number of phenols is 1. The van der Waals surface area contributed by atoms with Crippen molar-refractivity contribution in [3.63, 3.8) is 0 Å². The molecule has 0 aliphatic rings. The summed E-state index contributed by atoms with van der Waals surface area (Å²) in [4.78, 5) is 25.0. The molecule has 0 bridgehead atoms. The van der Waals surface area contributed by atoms with Gasteiger partial charge >= 0.3 is 12.1 Å². The fraction of sp³-hybridized carbons (Fsp3) is 0.364. The molecule has 0 saturated heterocycles. The number of ether oxygens (including phenoxy) is 1. The van der Waals surface area contributed by atoms with E-state index in [-0.39, 0.29) is 11.8 Å². The van der Waals surface area contributed by atoms with E-state index in [1.54, 1.807) is 26.2 Å². The number of unbranched alkanes of at least 4 members (excludes halogenated alkanes) is 1. The number of nitrogens with one attached hydrogen (secondary N) is 1. The number of benzene rings is 2. The predicted molar refractivity (Wildman–Crippen MR) is 113 cm³/mol. The van der Waals surface area contributed by atoms with E-state index in [0.29, 0.717) is 29.7 Å². The number of anilines is 1. The molecule has 2 aromatic carbocycles. The van der Waals surface area contributed by atoms with Crippen LogP contribution in [0.2, 0.25) is 0 Å². The van der Waals surface area contributed by atoms with Crippen molar-refractivity contribution in [1.82, 2.24) is 4.90 Å². The van der Waals surface area contributed by atoms with Gasteiger partial charge in [0, 0.05) is 37.3 Å². The Kier molecular flexibility index (Phi) is 7.88. The van der Waals surface area contributed by atoms with Gasteiger partial charge in [-0.15, -0.1) is 0 Å². The number of phenolic OH excluding ortho intramolecular Hbond substituents is 1. The molecule has 0 heterocycles. The molecule has 4 N–H and O–H groups in total. The van der Waals surface area contributed by atoms with Crippen molar-refractivity contribution < 1.29 is 19.4 Å². The maximum Gasteiger partial charge on any atom is 0.405 e. The van der Waals surface area contributed by atoms with E-state index in [1.807, 2.05) is 37.3 Å². The number of nitrogens with two attached hydrogens (primary N) is 1. The predicted octanol–water partition coefficient (Wildman–Crippen LogP) is 4.40. The van der Waals surface area contributed by atoms with Gasteiger partial charge in [-0.2, -0.15) is 0 Å². The Morgan fingerprint density at radius 1 is 1.17 bits per heavy atom. The molecule has 0 aliphatic carbocycles. The van der Waals surface area contributed by atoms with Gasteiger partial charge in [-0.05, 0) is 30.5 Å². The highest BCUT2D eigenvalue weighted by Gasteiger charge is 2.23. The highest BCUT2D eigenvalue weighted by Crippen LogP contribution is 2.38. The first-order valence-corrected chi connectivity index (χ1v) is 9.66. The molecule has 0 radical (unpaired) electrons. The van der Waals surface area contributed by atoms with Gasteiger partial charge in [0.05, 0.1) is 0 Å². The largest absolute Gasteiger partial charge is 0.507 e. The van der Waals surface area contributed by atoms with Crippen LogP contribution < -0.4 is 11.1 Å². The van der Waals surface area contributed by atoms with Crippen molar-refractivity contribution in [2.24, 2.45) is 5.73 Å². The summed E-state index contributed by atoms with van der Waals surface area (Å²) in [6, 6.07) is 12.7. The van der Waals surface area contributed by atoms with Crippen LogP contribution in [0, 0.1) is 0 Å². The average Bonchev–Trinajstić information content (AvgIpc) is 2.68. The van der Waals surface area contributed by atoms with Crippen molar-refractivity contribution >= 4 is 17.8 Å². The van der Waals surface area contributed by atoms with E-state index < -0.39 is 12.2 Å². The van der Waals surface area contributed by atoms with Crippen LogP contribution in [-0.2, 0) is 11.2 Å². The molecule has 7 heteroatoms. The Labute approximate surface area is 171 Å². The minimum absolute atomic E-state index is 0.00670. The molecule has 0 spiro atoms. The Balaban J connectivity index is 2.49. The average molecular weight is 399 g/mol. The molecule has 1 unspecified atom stereocenters. The van der Waals surface area contributed by atoms with Gasteiger partial charge < -0.3 is 25.8 Å². The third-order valence-electron chi connectivity index (χ3n) is 4.61. The van der Waals surface area contributed by atoms with E-state index in [9.17, 15) is 14.7 Å². The first kappa shape index (κ1) is 22.1. The summed E-state index contributed by atoms with van der Waals surface area (Å²) in [7, 11) is 3.28. The van der Waals surface area contributed by atoms with Crippen LogP contribution in [0.4, 0.5) is 15.3 Å². The van der Waals surface area contributed by atoms with E-state index in [0.717, 1.165) is 18.4 Å². The summed E-state index contributed by atoms with van der Waals surface area (Å²) >= 11 is 0. The molecular weight excluding hydrogens is 370 g/mol. The monoisotopic (exact) mass is 399 g/mol. The van der Waals surface area contributed by atoms with E-state index in [4.69, 9.17) is 10.5 Å². The van der Waals surface area contributed by atoms with Gasteiger partial charge in [0.25, 0.3) is 0 Å². The smallest absolute Gasteiger partial charge is 0.405 e. The van der Waals surface area contributed by atoms with E-state index in [1.165, 1.54) is 4.90 Å². The van der Waals surface area contributed by atoms with E-state index in [2.05, 4.69) is 5.32 Å². The third-order valence-corrected chi connectivity index (χ3v) is 4.61. The molecule has 3 amide bonds. The minimum atomic E-state index is -0.889. The summed E-state index contributed by atoms with van der Waals surface area (Å²) in [6.45, 7) is 2.03. The number of hydrogen-bond acceptors (Lipinski definition) is 4. The zero-order chi connectivity index (χ0) is 21.4. The van der Waals surface area contributed by atoms with Crippen LogP contribution in [0.25, 0.3) is 0 Å². The highest BCUT2D eigenvalue weighted by molar-refractivity contribution is 5.90. The normalized spacial score (nSPS) is 11.6. The van der Waals surface area contributed by atoms with Gasteiger partial charge in [-0.1, -0.05) is 43.7 Å². The van der Waals surface area contributed by atoms with Crippen molar-refractivity contribution in [3.05, 3.63) is 59.2 Å². The quantitative estimate of drug-likeness (QED) is 0.612. The number of hydrogen-bond donors (Lipinski definition) is 3. The summed E-state index contributed by atoms with van der Waals surface area (Å²) < 4.78 is 5.27. The van der Waals surface area contributed by atoms with Crippen LogP contribution >= 0.6 is 0 Å². The Bertz CT molecular complexity index is 837. The van der Waals surface area contributed by atoms with Crippen LogP contribution in [0.15, 0.2) is 42.5 Å². The lowest BCUT2D eigenvalue weighted by atomic mass is 9.95. The number of nitrogens with zero attached hydrogens (tertiary/aromatic N) is 1. The fourth-order valence-corrected chi connectivity index (χ4v) is 3.04. The maximum atomic E-state index is 12.2. The van der Waals surface area contributed by atoms with Crippen LogP contribution in [-0.4, -0.2) is 36.2 Å². The molecule has 1 atom stereocenters. The fourth-order valence-electron chi connectivity index (χ4n) is 3.04. The summed E-state index contributed by atoms with van der Waals surface area (Å²) in [5.74, 6) is -0.00670. The standard InChI is InChI=1S/C22H29N3O4/c1-4-5-11-19(29-21(23)27)16-12-13-18(24-22(28)25(2)3)17(20(16)26)14-15-9-7-6-8-10-15/h6-10,12-13,19,26H,4-5,11,14H2,1-3H3,(H2,23,27)(H,24,28). The number of urea groups is 1. The van der Waals surface area contributed by atoms with Crippen molar-refractivity contribution in [2.45, 2.75) is 38.7 Å². The summed E-state index contributed by atoms with van der Waals surface area (Å²) in [5.41, 5.74) is 7.75. The van der Waals surface area contributed by atoms with Gasteiger partial charge in [0.1, 0.15) is 11.9 Å². The van der Waals surface area contributed by atoms with Crippen LogP contribution in [0.1, 0.15) is 49.0 Å². The lowest BCUT2D eigenvalue weighted by molar-refractivity contribution is 0.0982. The molecule has 2 aromatic rings. The number of amides is 3. The maximum absolute atomic E-state index is 12.2. The Hall–Kier alpha value is -3.22. The zero-order valence-corrected chi connectivity index (χ0v) is 17.1. The Morgan fingerprint density at radius 3 is 2.45 bits per heavy atom. The molecular formula is C22H29N3O4. The van der Waals surface area contributed by atoms with Gasteiger partial charge in [-0.3, -0.25) is 0 Å². The molecule has 0 aliphatic heterocycles. The number of carbonyl (C=O) groups is 2. The SMILES string of the molecule is CCCCC(OC(N)=O)c1ccc(NC(=O)N(C)C)c(Cc2ccccc2)c1O. The van der Waals surface area contributed by atoms with Gasteiger partial charge in [0.2, 0.25) is 0 Å². The second-order valence-corrected chi connectivity index (χ2v) is 7.08. The van der Waals surface area contributed by atoms with Gasteiger partial charge in [-0.25, -0.2) is 9.59 Å². The summed E-state index contributed by atoms with van der Waals surface area (Å²) in [6.07, 6.45) is 1.13. The number of aromatic hydroxyl groups is 1. The Morgan fingerprint density at radius 2 is 1.86 bits per heavy atom. The topological polar surface area (TPSA) is 105 Å². The molecule has 156 valence electrons. The second kappa shape index (κ2) is 10.4. The minimum Gasteiger partial charge on any atom is -0.507 e. The first-order chi connectivity index (χ1) is 13.8. The van der Waals surface area contributed by atoms with E-state index >= 15 is 0 Å². The first-order valence-electron chi connectivity index (χ1n) is 9.66. The second-order valence-electron chi connectivity index (χ2n) is 7.08. The van der Waals surface area contributed by atoms with Crippen molar-refractivity contribution in [2.75, 3.05) is 19.4 Å². The van der Waals surface area contributed by atoms with Crippen molar-refractivity contribution in [1.29, 1.82) is 0 Å². The van der Waals surface area contributed by atoms with Crippen molar-refractivity contribution in [3.8, 4) is 5.75 Å². The summed E-state index contributed by atoms with van der Waals surface area (Å²) in [5, 5.41) is 13.9. The molecule has 0 saturated carbocycles. The molecule has 0 fully saturated rings. The number of rotatable bonds is 8. The highest BCUT2D eigenvalue weighted by atomic mass is 16.6. The molecule has 0 aromatic heterocycles. The zero-order valence-electron chi connectivity index (χ0n) is 17.1. The van der Waals surface area contributed by atoms with Crippen LogP contribution in [0.3, 0.4) is 0 Å². The number of carbonyl (C=O) groups excluding carboxylic acids is 2. The lowest BCUT2D eigenvalue weighted by Gasteiger charge is -2.22. The lowest BCUT2D eigenvalue weighted by Crippen LogP contribution is -2.28.